The molecule has 9 heteroatoms. The minimum absolute atomic E-state index is 0.0929. The molecule has 0 bridgehead atoms. The minimum Gasteiger partial charge on any atom is -0.356 e. The van der Waals surface area contributed by atoms with E-state index in [1.54, 1.807) is 11.0 Å². The van der Waals surface area contributed by atoms with Crippen molar-refractivity contribution in [2.24, 2.45) is 4.99 Å². The van der Waals surface area contributed by atoms with Crippen LogP contribution in [0.4, 0.5) is 14.6 Å². The lowest BCUT2D eigenvalue weighted by Crippen LogP contribution is -2.50. The molecule has 0 radical (unpaired) electrons. The molecule has 2 aromatic rings. The van der Waals surface area contributed by atoms with Crippen molar-refractivity contribution in [3.05, 3.63) is 53.5 Å². The molecule has 1 atom stereocenters. The van der Waals surface area contributed by atoms with Gasteiger partial charge in [0.2, 0.25) is 0 Å². The predicted octanol–water partition coefficient (Wildman–Crippen LogP) is 2.74. The number of benzene rings is 1. The zero-order valence-corrected chi connectivity index (χ0v) is 16.1. The first-order valence-corrected chi connectivity index (χ1v) is 9.84. The molecule has 3 aliphatic heterocycles. The molecular weight excluding hydrogens is 390 g/mol. The summed E-state index contributed by atoms with van der Waals surface area (Å²) in [7, 11) is 0. The maximum absolute atomic E-state index is 13.7. The van der Waals surface area contributed by atoms with Gasteiger partial charge in [0, 0.05) is 31.6 Å². The van der Waals surface area contributed by atoms with E-state index in [0.29, 0.717) is 61.7 Å². The number of carbonyl (C=O) groups excluding carboxylic acids is 1. The largest absolute Gasteiger partial charge is 0.356 e. The first-order valence-electron chi connectivity index (χ1n) is 9.84. The van der Waals surface area contributed by atoms with Crippen molar-refractivity contribution in [2.75, 3.05) is 18.0 Å². The molecule has 5 rings (SSSR count). The van der Waals surface area contributed by atoms with Crippen LogP contribution in [0.15, 0.2) is 35.6 Å². The molecule has 0 N–H and O–H groups in total. The standard InChI is InChI=1S/C21H18F2N6O/c22-14-7-13(8-15(23)9-14)17-1-2-18-27-21(20(30)29(17)18)3-5-28(6-4-21)19-10-16(11-24)25-12-26-19/h7-10,12,17H,1-6H2/t17-/m0/s1. The Labute approximate surface area is 171 Å². The van der Waals surface area contributed by atoms with E-state index in [2.05, 4.69) is 9.97 Å². The molecule has 3 aliphatic rings. The van der Waals surface area contributed by atoms with E-state index in [9.17, 15) is 13.6 Å². The lowest BCUT2D eigenvalue weighted by Gasteiger charge is -2.37. The summed E-state index contributed by atoms with van der Waals surface area (Å²) in [5.41, 5.74) is -0.0737. The molecule has 152 valence electrons. The van der Waals surface area contributed by atoms with Crippen LogP contribution < -0.4 is 4.90 Å². The van der Waals surface area contributed by atoms with Crippen LogP contribution in [0.3, 0.4) is 0 Å². The van der Waals surface area contributed by atoms with Crippen molar-refractivity contribution in [1.29, 1.82) is 5.26 Å². The van der Waals surface area contributed by atoms with Crippen molar-refractivity contribution in [2.45, 2.75) is 37.3 Å². The first-order chi connectivity index (χ1) is 14.5. The zero-order valence-electron chi connectivity index (χ0n) is 16.1. The van der Waals surface area contributed by atoms with Gasteiger partial charge in [-0.05, 0) is 37.0 Å². The number of rotatable bonds is 2. The van der Waals surface area contributed by atoms with Gasteiger partial charge in [-0.15, -0.1) is 0 Å². The quantitative estimate of drug-likeness (QED) is 0.763. The monoisotopic (exact) mass is 408 g/mol. The summed E-state index contributed by atoms with van der Waals surface area (Å²) in [4.78, 5) is 30.0. The van der Waals surface area contributed by atoms with Crippen LogP contribution in [-0.4, -0.2) is 45.2 Å². The molecule has 1 aromatic carbocycles. The van der Waals surface area contributed by atoms with Gasteiger partial charge < -0.3 is 4.90 Å². The number of anilines is 1. The highest BCUT2D eigenvalue weighted by Crippen LogP contribution is 2.44. The second-order valence-corrected chi connectivity index (χ2v) is 7.85. The number of nitriles is 1. The fourth-order valence-electron chi connectivity index (χ4n) is 4.68. The highest BCUT2D eigenvalue weighted by molar-refractivity contribution is 6.10. The van der Waals surface area contributed by atoms with E-state index in [0.717, 1.165) is 6.07 Å². The molecule has 1 aromatic heterocycles. The molecule has 7 nitrogen and oxygen atoms in total. The number of aliphatic imine (C=N–C) groups is 1. The van der Waals surface area contributed by atoms with Gasteiger partial charge in [0.15, 0.2) is 0 Å². The third-order valence-corrected chi connectivity index (χ3v) is 6.14. The molecule has 0 aliphatic carbocycles. The van der Waals surface area contributed by atoms with Gasteiger partial charge in [0.05, 0.1) is 6.04 Å². The minimum atomic E-state index is -0.832. The predicted molar refractivity (Wildman–Crippen MR) is 104 cm³/mol. The maximum Gasteiger partial charge on any atom is 0.256 e. The number of hydrogen-bond acceptors (Lipinski definition) is 6. The summed E-state index contributed by atoms with van der Waals surface area (Å²) in [6, 6.07) is 6.66. The Balaban J connectivity index is 1.36. The normalized spacial score (nSPS) is 22.2. The number of halogens is 2. The van der Waals surface area contributed by atoms with Crippen LogP contribution in [-0.2, 0) is 4.79 Å². The van der Waals surface area contributed by atoms with Gasteiger partial charge in [-0.25, -0.2) is 18.7 Å². The Bertz CT molecular complexity index is 1080. The lowest BCUT2D eigenvalue weighted by molar-refractivity contribution is -0.133. The van der Waals surface area contributed by atoms with Crippen LogP contribution >= 0.6 is 0 Å². The topological polar surface area (TPSA) is 85.5 Å². The van der Waals surface area contributed by atoms with Gasteiger partial charge >= 0.3 is 0 Å². The molecule has 2 saturated heterocycles. The fourth-order valence-corrected chi connectivity index (χ4v) is 4.68. The molecule has 0 unspecified atom stereocenters. The first kappa shape index (κ1) is 18.6. The number of amides is 1. The Kier molecular flexibility index (Phi) is 4.24. The van der Waals surface area contributed by atoms with Crippen molar-refractivity contribution < 1.29 is 13.6 Å². The summed E-state index contributed by atoms with van der Waals surface area (Å²) < 4.78 is 27.4. The van der Waals surface area contributed by atoms with Crippen LogP contribution in [0.1, 0.15) is 43.0 Å². The summed E-state index contributed by atoms with van der Waals surface area (Å²) in [5.74, 6) is -0.0250. The summed E-state index contributed by atoms with van der Waals surface area (Å²) in [6.07, 6.45) is 3.60. The summed E-state index contributed by atoms with van der Waals surface area (Å²) in [5, 5.41) is 9.03. The second kappa shape index (κ2) is 6.83. The average molecular weight is 408 g/mol. The highest BCUT2D eigenvalue weighted by Gasteiger charge is 2.53. The van der Waals surface area contributed by atoms with Crippen molar-refractivity contribution >= 4 is 17.6 Å². The smallest absolute Gasteiger partial charge is 0.256 e. The van der Waals surface area contributed by atoms with E-state index in [4.69, 9.17) is 10.3 Å². The number of piperidine rings is 1. The highest BCUT2D eigenvalue weighted by atomic mass is 19.1. The molecule has 2 fully saturated rings. The van der Waals surface area contributed by atoms with E-state index in [-0.39, 0.29) is 11.9 Å². The van der Waals surface area contributed by atoms with Gasteiger partial charge in [-0.1, -0.05) is 0 Å². The van der Waals surface area contributed by atoms with Crippen LogP contribution in [0.2, 0.25) is 0 Å². The van der Waals surface area contributed by atoms with Crippen molar-refractivity contribution in [3.8, 4) is 6.07 Å². The van der Waals surface area contributed by atoms with E-state index in [1.807, 2.05) is 11.0 Å². The van der Waals surface area contributed by atoms with Gasteiger partial charge in [0.1, 0.15) is 46.9 Å². The lowest BCUT2D eigenvalue weighted by atomic mass is 9.87. The Hall–Kier alpha value is -3.41. The molecule has 1 amide bonds. The number of nitrogens with zero attached hydrogens (tertiary/aromatic N) is 6. The number of fused-ring (bicyclic) bond motifs is 1. The van der Waals surface area contributed by atoms with Crippen molar-refractivity contribution in [1.82, 2.24) is 14.9 Å². The Morgan fingerprint density at radius 1 is 1.10 bits per heavy atom. The zero-order chi connectivity index (χ0) is 20.9. The molecule has 30 heavy (non-hydrogen) atoms. The maximum atomic E-state index is 13.7. The molecule has 1 spiro atoms. The van der Waals surface area contributed by atoms with Gasteiger partial charge in [0.25, 0.3) is 5.91 Å². The summed E-state index contributed by atoms with van der Waals surface area (Å²) >= 11 is 0. The number of hydrogen-bond donors (Lipinski definition) is 0. The van der Waals surface area contributed by atoms with Crippen molar-refractivity contribution in [3.63, 3.8) is 0 Å². The van der Waals surface area contributed by atoms with Crippen LogP contribution in [0.5, 0.6) is 0 Å². The second-order valence-electron chi connectivity index (χ2n) is 7.85. The molecular formula is C21H18F2N6O. The van der Waals surface area contributed by atoms with Crippen LogP contribution in [0, 0.1) is 23.0 Å². The number of aromatic nitrogens is 2. The fraction of sp³-hybridized carbons (Fsp3) is 0.381. The Morgan fingerprint density at radius 2 is 1.83 bits per heavy atom. The Morgan fingerprint density at radius 3 is 2.53 bits per heavy atom. The van der Waals surface area contributed by atoms with Gasteiger partial charge in [-0.2, -0.15) is 5.26 Å². The van der Waals surface area contributed by atoms with Crippen LogP contribution in [0.25, 0.3) is 0 Å². The third kappa shape index (κ3) is 2.91. The third-order valence-electron chi connectivity index (χ3n) is 6.14. The number of amidine groups is 1. The average Bonchev–Trinajstić information content (AvgIpc) is 3.26. The van der Waals surface area contributed by atoms with E-state index in [1.165, 1.54) is 18.5 Å². The summed E-state index contributed by atoms with van der Waals surface area (Å²) in [6.45, 7) is 1.13. The SMILES string of the molecule is N#Cc1cc(N2CCC3(CC2)N=C2CC[C@@H](c4cc(F)cc(F)c4)N2C3=O)ncn1. The van der Waals surface area contributed by atoms with E-state index < -0.39 is 17.2 Å². The van der Waals surface area contributed by atoms with Gasteiger partial charge in [-0.3, -0.25) is 14.7 Å². The molecule has 4 heterocycles. The number of carbonyl (C=O) groups is 1. The molecule has 0 saturated carbocycles. The van der Waals surface area contributed by atoms with E-state index >= 15 is 0 Å².